The van der Waals surface area contributed by atoms with Crippen molar-refractivity contribution in [3.8, 4) is 0 Å². The Morgan fingerprint density at radius 2 is 1.95 bits per heavy atom. The number of unbranched alkanes of at least 4 members (excludes halogenated alkanes) is 1. The highest BCUT2D eigenvalue weighted by molar-refractivity contribution is 5.90. The lowest BCUT2D eigenvalue weighted by molar-refractivity contribution is -0.136. The molecular formula is C16H28N2O2. The molecule has 4 nitrogen and oxygen atoms in total. The Balaban J connectivity index is 2.08. The van der Waals surface area contributed by atoms with E-state index in [1.54, 1.807) is 0 Å². The van der Waals surface area contributed by atoms with Crippen LogP contribution in [0.3, 0.4) is 0 Å². The lowest BCUT2D eigenvalue weighted by atomic mass is 10.0. The summed E-state index contributed by atoms with van der Waals surface area (Å²) in [6, 6.07) is 0.0763. The van der Waals surface area contributed by atoms with Crippen molar-refractivity contribution in [2.24, 2.45) is 5.92 Å². The molecule has 1 saturated heterocycles. The largest absolute Gasteiger partial charge is 0.344 e. The first-order valence-corrected chi connectivity index (χ1v) is 8.27. The van der Waals surface area contributed by atoms with Gasteiger partial charge in [-0.05, 0) is 31.6 Å². The van der Waals surface area contributed by atoms with E-state index in [1.165, 1.54) is 0 Å². The van der Waals surface area contributed by atoms with Crippen LogP contribution in [0.2, 0.25) is 0 Å². The first-order chi connectivity index (χ1) is 9.67. The maximum Gasteiger partial charge on any atom is 0.245 e. The number of carbonyl (C=O) groups is 2. The van der Waals surface area contributed by atoms with Crippen LogP contribution in [0.5, 0.6) is 0 Å². The predicted octanol–water partition coefficient (Wildman–Crippen LogP) is 2.47. The van der Waals surface area contributed by atoms with Gasteiger partial charge >= 0.3 is 0 Å². The molecule has 0 radical (unpaired) electrons. The maximum absolute atomic E-state index is 12.8. The molecule has 2 rings (SSSR count). The summed E-state index contributed by atoms with van der Waals surface area (Å²) in [5.74, 6) is 0.608. The van der Waals surface area contributed by atoms with Gasteiger partial charge in [-0.15, -0.1) is 0 Å². The molecule has 2 fully saturated rings. The van der Waals surface area contributed by atoms with Crippen LogP contribution >= 0.6 is 0 Å². The summed E-state index contributed by atoms with van der Waals surface area (Å²) < 4.78 is 0. The fourth-order valence-electron chi connectivity index (χ4n) is 3.16. The smallest absolute Gasteiger partial charge is 0.245 e. The summed E-state index contributed by atoms with van der Waals surface area (Å²) in [7, 11) is 0. The standard InChI is InChI=1S/C16H28N2O2/c1-3-5-7-13(6-4-2)18-11-10-14(19)17-15(16(18)20)12-8-9-12/h12-13,15H,3-11H2,1-2H3,(H,17,19). The second kappa shape index (κ2) is 7.09. The van der Waals surface area contributed by atoms with E-state index < -0.39 is 0 Å². The predicted molar refractivity (Wildman–Crippen MR) is 79.2 cm³/mol. The molecule has 1 aliphatic carbocycles. The quantitative estimate of drug-likeness (QED) is 0.779. The summed E-state index contributed by atoms with van der Waals surface area (Å²) in [6.45, 7) is 4.95. The highest BCUT2D eigenvalue weighted by Crippen LogP contribution is 2.35. The van der Waals surface area contributed by atoms with Crippen molar-refractivity contribution < 1.29 is 9.59 Å². The van der Waals surface area contributed by atoms with Crippen LogP contribution in [0, 0.1) is 5.92 Å². The Labute approximate surface area is 122 Å². The zero-order chi connectivity index (χ0) is 14.5. The third kappa shape index (κ3) is 3.74. The van der Waals surface area contributed by atoms with Gasteiger partial charge in [-0.25, -0.2) is 0 Å². The normalized spacial score (nSPS) is 25.3. The van der Waals surface area contributed by atoms with E-state index in [0.29, 0.717) is 24.9 Å². The second-order valence-corrected chi connectivity index (χ2v) is 6.25. The average molecular weight is 280 g/mol. The van der Waals surface area contributed by atoms with Gasteiger partial charge in [0.2, 0.25) is 11.8 Å². The van der Waals surface area contributed by atoms with Gasteiger partial charge < -0.3 is 10.2 Å². The van der Waals surface area contributed by atoms with Crippen LogP contribution in [0.15, 0.2) is 0 Å². The summed E-state index contributed by atoms with van der Waals surface area (Å²) in [5.41, 5.74) is 0. The highest BCUT2D eigenvalue weighted by Gasteiger charge is 2.42. The fraction of sp³-hybridized carbons (Fsp3) is 0.875. The average Bonchev–Trinajstić information content (AvgIpc) is 3.25. The minimum Gasteiger partial charge on any atom is -0.344 e. The van der Waals surface area contributed by atoms with Crippen LogP contribution in [-0.4, -0.2) is 35.3 Å². The summed E-state index contributed by atoms with van der Waals surface area (Å²) >= 11 is 0. The number of hydrogen-bond acceptors (Lipinski definition) is 2. The monoisotopic (exact) mass is 280 g/mol. The van der Waals surface area contributed by atoms with E-state index in [1.807, 2.05) is 4.90 Å². The minimum atomic E-state index is -0.244. The Morgan fingerprint density at radius 1 is 1.20 bits per heavy atom. The Kier molecular flexibility index (Phi) is 5.44. The van der Waals surface area contributed by atoms with E-state index >= 15 is 0 Å². The maximum atomic E-state index is 12.8. The molecule has 114 valence electrons. The second-order valence-electron chi connectivity index (χ2n) is 6.25. The molecule has 2 atom stereocenters. The molecule has 1 N–H and O–H groups in total. The number of nitrogens with one attached hydrogen (secondary N) is 1. The van der Waals surface area contributed by atoms with Gasteiger partial charge in [0.15, 0.2) is 0 Å². The van der Waals surface area contributed by atoms with E-state index in [9.17, 15) is 9.59 Å². The molecule has 4 heteroatoms. The molecule has 2 amide bonds. The van der Waals surface area contributed by atoms with Gasteiger partial charge in [0.25, 0.3) is 0 Å². The summed E-state index contributed by atoms with van der Waals surface area (Å²) in [6.07, 6.45) is 8.15. The van der Waals surface area contributed by atoms with Gasteiger partial charge in [-0.2, -0.15) is 0 Å². The first-order valence-electron chi connectivity index (χ1n) is 8.27. The highest BCUT2D eigenvalue weighted by atomic mass is 16.2. The molecule has 2 unspecified atom stereocenters. The van der Waals surface area contributed by atoms with Crippen molar-refractivity contribution in [2.75, 3.05) is 6.54 Å². The number of rotatable bonds is 7. The third-order valence-electron chi connectivity index (χ3n) is 4.49. The Morgan fingerprint density at radius 3 is 2.55 bits per heavy atom. The zero-order valence-electron chi connectivity index (χ0n) is 12.9. The first kappa shape index (κ1) is 15.3. The van der Waals surface area contributed by atoms with Gasteiger partial charge in [-0.3, -0.25) is 9.59 Å². The molecule has 2 aliphatic rings. The number of amides is 2. The Hall–Kier alpha value is -1.06. The van der Waals surface area contributed by atoms with Crippen molar-refractivity contribution >= 4 is 11.8 Å². The number of carbonyl (C=O) groups excluding carboxylic acids is 2. The molecule has 0 aromatic rings. The molecule has 0 aromatic carbocycles. The van der Waals surface area contributed by atoms with Crippen molar-refractivity contribution in [1.29, 1.82) is 0 Å². The molecular weight excluding hydrogens is 252 g/mol. The molecule has 0 bridgehead atoms. The van der Waals surface area contributed by atoms with Crippen molar-refractivity contribution in [3.05, 3.63) is 0 Å². The van der Waals surface area contributed by atoms with Gasteiger partial charge in [-0.1, -0.05) is 33.1 Å². The molecule has 20 heavy (non-hydrogen) atoms. The van der Waals surface area contributed by atoms with E-state index in [-0.39, 0.29) is 17.9 Å². The van der Waals surface area contributed by atoms with Gasteiger partial charge in [0, 0.05) is 19.0 Å². The molecule has 1 aliphatic heterocycles. The van der Waals surface area contributed by atoms with Crippen LogP contribution in [0.1, 0.15) is 65.2 Å². The van der Waals surface area contributed by atoms with E-state index in [0.717, 1.165) is 44.9 Å². The lowest BCUT2D eigenvalue weighted by Gasteiger charge is -2.32. The third-order valence-corrected chi connectivity index (χ3v) is 4.49. The summed E-state index contributed by atoms with van der Waals surface area (Å²) in [4.78, 5) is 26.6. The number of nitrogens with zero attached hydrogens (tertiary/aromatic N) is 1. The van der Waals surface area contributed by atoms with Gasteiger partial charge in [0.1, 0.15) is 6.04 Å². The van der Waals surface area contributed by atoms with Crippen LogP contribution in [-0.2, 0) is 9.59 Å². The van der Waals surface area contributed by atoms with E-state index in [4.69, 9.17) is 0 Å². The molecule has 0 aromatic heterocycles. The van der Waals surface area contributed by atoms with Crippen LogP contribution in [0.4, 0.5) is 0 Å². The molecule has 1 saturated carbocycles. The lowest BCUT2D eigenvalue weighted by Crippen LogP contribution is -2.49. The molecule has 1 heterocycles. The molecule has 0 spiro atoms. The number of hydrogen-bond donors (Lipinski definition) is 1. The van der Waals surface area contributed by atoms with Gasteiger partial charge in [0.05, 0.1) is 0 Å². The SMILES string of the molecule is CCCCC(CCC)N1CCC(=O)NC(C2CC2)C1=O. The van der Waals surface area contributed by atoms with Crippen LogP contribution < -0.4 is 5.32 Å². The van der Waals surface area contributed by atoms with Crippen LogP contribution in [0.25, 0.3) is 0 Å². The van der Waals surface area contributed by atoms with Crippen molar-refractivity contribution in [1.82, 2.24) is 10.2 Å². The topological polar surface area (TPSA) is 49.4 Å². The fourth-order valence-corrected chi connectivity index (χ4v) is 3.16. The van der Waals surface area contributed by atoms with Crippen molar-refractivity contribution in [2.45, 2.75) is 77.3 Å². The van der Waals surface area contributed by atoms with E-state index in [2.05, 4.69) is 19.2 Å². The minimum absolute atomic E-state index is 0.0449. The summed E-state index contributed by atoms with van der Waals surface area (Å²) in [5, 5.41) is 2.94. The van der Waals surface area contributed by atoms with Crippen molar-refractivity contribution in [3.63, 3.8) is 0 Å². The zero-order valence-corrected chi connectivity index (χ0v) is 12.9. The Bertz CT molecular complexity index is 352.